The van der Waals surface area contributed by atoms with Gasteiger partial charge < -0.3 is 15.8 Å². The van der Waals surface area contributed by atoms with Crippen LogP contribution < -0.4 is 11.1 Å². The van der Waals surface area contributed by atoms with Crippen molar-refractivity contribution in [2.24, 2.45) is 0 Å². The van der Waals surface area contributed by atoms with Crippen molar-refractivity contribution in [3.05, 3.63) is 29.8 Å². The molecular formula is C13H19ClN2O4S. The molecule has 0 fully saturated rings. The predicted molar refractivity (Wildman–Crippen MR) is 83.4 cm³/mol. The van der Waals surface area contributed by atoms with Crippen LogP contribution in [0.4, 0.5) is 5.69 Å². The summed E-state index contributed by atoms with van der Waals surface area (Å²) in [5, 5.41) is 2.66. The van der Waals surface area contributed by atoms with E-state index in [1.54, 1.807) is 24.3 Å². The first kappa shape index (κ1) is 17.7. The van der Waals surface area contributed by atoms with Crippen LogP contribution in [0.3, 0.4) is 0 Å². The zero-order valence-corrected chi connectivity index (χ0v) is 13.1. The van der Waals surface area contributed by atoms with Gasteiger partial charge in [-0.15, -0.1) is 11.6 Å². The quantitative estimate of drug-likeness (QED) is 0.393. The highest BCUT2D eigenvalue weighted by atomic mass is 35.5. The van der Waals surface area contributed by atoms with Crippen molar-refractivity contribution in [2.45, 2.75) is 0 Å². The maximum atomic E-state index is 11.7. The Labute approximate surface area is 129 Å². The van der Waals surface area contributed by atoms with Crippen molar-refractivity contribution in [3.8, 4) is 0 Å². The molecule has 0 aromatic heterocycles. The zero-order chi connectivity index (χ0) is 15.7. The molecule has 6 nitrogen and oxygen atoms in total. The first-order chi connectivity index (χ1) is 9.94. The van der Waals surface area contributed by atoms with Crippen LogP contribution in [-0.2, 0) is 14.6 Å². The van der Waals surface area contributed by atoms with E-state index >= 15 is 0 Å². The number of alkyl halides is 1. The standard InChI is InChI=1S/C13H19ClN2O4S/c14-4-8-21(18,19)9-7-20-6-5-16-13(17)11-2-1-3-12(15)10-11/h1-3,10H,4-9,15H2,(H,16,17). The molecule has 1 rings (SSSR count). The number of nitrogens with one attached hydrogen (secondary N) is 1. The number of amides is 1. The van der Waals surface area contributed by atoms with E-state index in [2.05, 4.69) is 5.32 Å². The third-order valence-electron chi connectivity index (χ3n) is 2.61. The largest absolute Gasteiger partial charge is 0.399 e. The van der Waals surface area contributed by atoms with E-state index in [1.165, 1.54) is 0 Å². The third kappa shape index (κ3) is 7.31. The van der Waals surface area contributed by atoms with Crippen LogP contribution in [-0.4, -0.2) is 51.5 Å². The van der Waals surface area contributed by atoms with Gasteiger partial charge in [0.25, 0.3) is 5.91 Å². The topological polar surface area (TPSA) is 98.5 Å². The molecule has 0 bridgehead atoms. The molecule has 0 heterocycles. The lowest BCUT2D eigenvalue weighted by atomic mass is 10.2. The Bertz CT molecular complexity index is 563. The molecule has 21 heavy (non-hydrogen) atoms. The van der Waals surface area contributed by atoms with Crippen molar-refractivity contribution < 1.29 is 17.9 Å². The number of carbonyl (C=O) groups excluding carboxylic acids is 1. The summed E-state index contributed by atoms with van der Waals surface area (Å²) in [4.78, 5) is 11.7. The van der Waals surface area contributed by atoms with Gasteiger partial charge in [0.15, 0.2) is 9.84 Å². The molecule has 1 aromatic carbocycles. The average Bonchev–Trinajstić information content (AvgIpc) is 2.42. The van der Waals surface area contributed by atoms with Crippen LogP contribution in [0, 0.1) is 0 Å². The van der Waals surface area contributed by atoms with Crippen molar-refractivity contribution in [2.75, 3.05) is 42.9 Å². The Balaban J connectivity index is 2.19. The van der Waals surface area contributed by atoms with Gasteiger partial charge in [-0.1, -0.05) is 6.07 Å². The van der Waals surface area contributed by atoms with E-state index in [4.69, 9.17) is 22.1 Å². The average molecular weight is 335 g/mol. The van der Waals surface area contributed by atoms with Crippen LogP contribution >= 0.6 is 11.6 Å². The Morgan fingerprint density at radius 2 is 2.05 bits per heavy atom. The molecule has 118 valence electrons. The van der Waals surface area contributed by atoms with Crippen LogP contribution in [0.1, 0.15) is 10.4 Å². The molecule has 0 unspecified atom stereocenters. The van der Waals surface area contributed by atoms with Crippen molar-refractivity contribution in [1.82, 2.24) is 5.32 Å². The summed E-state index contributed by atoms with van der Waals surface area (Å²) in [6.45, 7) is 0.626. The molecule has 0 aliphatic rings. The van der Waals surface area contributed by atoms with Gasteiger partial charge in [-0.3, -0.25) is 4.79 Å². The van der Waals surface area contributed by atoms with E-state index in [9.17, 15) is 13.2 Å². The Morgan fingerprint density at radius 3 is 2.71 bits per heavy atom. The van der Waals surface area contributed by atoms with Gasteiger partial charge in [-0.2, -0.15) is 0 Å². The first-order valence-electron chi connectivity index (χ1n) is 6.42. The smallest absolute Gasteiger partial charge is 0.251 e. The van der Waals surface area contributed by atoms with Crippen LogP contribution in [0.15, 0.2) is 24.3 Å². The number of hydrogen-bond acceptors (Lipinski definition) is 5. The van der Waals surface area contributed by atoms with Gasteiger partial charge in [0.05, 0.1) is 24.7 Å². The monoisotopic (exact) mass is 334 g/mol. The fraction of sp³-hybridized carbons (Fsp3) is 0.462. The Hall–Kier alpha value is -1.31. The molecule has 0 saturated carbocycles. The normalized spacial score (nSPS) is 11.3. The van der Waals surface area contributed by atoms with Crippen molar-refractivity contribution >= 4 is 33.0 Å². The van der Waals surface area contributed by atoms with Gasteiger partial charge in [0.2, 0.25) is 0 Å². The molecule has 0 aliphatic heterocycles. The molecule has 0 saturated heterocycles. The second kappa shape index (κ2) is 8.86. The summed E-state index contributed by atoms with van der Waals surface area (Å²) in [6, 6.07) is 6.63. The molecule has 0 spiro atoms. The fourth-order valence-corrected chi connectivity index (χ4v) is 3.04. The minimum absolute atomic E-state index is 0.0515. The number of rotatable bonds is 9. The molecule has 8 heteroatoms. The maximum absolute atomic E-state index is 11.7. The van der Waals surface area contributed by atoms with Gasteiger partial charge in [-0.25, -0.2) is 8.42 Å². The SMILES string of the molecule is Nc1cccc(C(=O)NCCOCCS(=O)(=O)CCCl)c1. The molecule has 0 aliphatic carbocycles. The lowest BCUT2D eigenvalue weighted by Crippen LogP contribution is -2.28. The maximum Gasteiger partial charge on any atom is 0.251 e. The van der Waals surface area contributed by atoms with Gasteiger partial charge in [-0.05, 0) is 18.2 Å². The first-order valence-corrected chi connectivity index (χ1v) is 8.78. The Kier molecular flexibility index (Phi) is 7.49. The number of anilines is 1. The third-order valence-corrected chi connectivity index (χ3v) is 4.64. The predicted octanol–water partition coefficient (Wildman–Crippen LogP) is 0.669. The number of nitrogens with two attached hydrogens (primary N) is 1. The van der Waals surface area contributed by atoms with Crippen molar-refractivity contribution in [1.29, 1.82) is 0 Å². The summed E-state index contributed by atoms with van der Waals surface area (Å²) < 4.78 is 27.8. The molecule has 1 aromatic rings. The molecule has 3 N–H and O–H groups in total. The molecule has 0 radical (unpaired) electrons. The van der Waals surface area contributed by atoms with Crippen LogP contribution in [0.5, 0.6) is 0 Å². The number of carbonyl (C=O) groups is 1. The molecular weight excluding hydrogens is 316 g/mol. The summed E-state index contributed by atoms with van der Waals surface area (Å²) >= 11 is 5.38. The summed E-state index contributed by atoms with van der Waals surface area (Å²) in [5.41, 5.74) is 6.57. The molecule has 0 atom stereocenters. The van der Waals surface area contributed by atoms with E-state index in [1.807, 2.05) is 0 Å². The number of nitrogen functional groups attached to an aromatic ring is 1. The number of ether oxygens (including phenoxy) is 1. The molecule has 1 amide bonds. The Morgan fingerprint density at radius 1 is 1.29 bits per heavy atom. The van der Waals surface area contributed by atoms with Crippen LogP contribution in [0.25, 0.3) is 0 Å². The van der Waals surface area contributed by atoms with E-state index < -0.39 is 9.84 Å². The van der Waals surface area contributed by atoms with E-state index in [0.29, 0.717) is 17.8 Å². The lowest BCUT2D eigenvalue weighted by molar-refractivity contribution is 0.0923. The number of sulfone groups is 1. The summed E-state index contributed by atoms with van der Waals surface area (Å²) in [6.07, 6.45) is 0. The summed E-state index contributed by atoms with van der Waals surface area (Å²) in [5.74, 6) is -0.286. The number of halogens is 1. The fourth-order valence-electron chi connectivity index (χ4n) is 1.53. The highest BCUT2D eigenvalue weighted by Crippen LogP contribution is 2.05. The van der Waals surface area contributed by atoms with Gasteiger partial charge in [0.1, 0.15) is 0 Å². The van der Waals surface area contributed by atoms with E-state index in [-0.39, 0.29) is 36.5 Å². The number of benzene rings is 1. The number of hydrogen-bond donors (Lipinski definition) is 2. The van der Waals surface area contributed by atoms with Gasteiger partial charge >= 0.3 is 0 Å². The van der Waals surface area contributed by atoms with Crippen LogP contribution in [0.2, 0.25) is 0 Å². The minimum Gasteiger partial charge on any atom is -0.399 e. The second-order valence-electron chi connectivity index (χ2n) is 4.33. The summed E-state index contributed by atoms with van der Waals surface area (Å²) in [7, 11) is -3.14. The second-order valence-corrected chi connectivity index (χ2v) is 7.02. The van der Waals surface area contributed by atoms with Gasteiger partial charge in [0, 0.05) is 23.7 Å². The highest BCUT2D eigenvalue weighted by Gasteiger charge is 2.09. The van der Waals surface area contributed by atoms with E-state index in [0.717, 1.165) is 0 Å². The van der Waals surface area contributed by atoms with Crippen molar-refractivity contribution in [3.63, 3.8) is 0 Å². The zero-order valence-electron chi connectivity index (χ0n) is 11.5. The minimum atomic E-state index is -3.14. The lowest BCUT2D eigenvalue weighted by Gasteiger charge is -2.07. The highest BCUT2D eigenvalue weighted by molar-refractivity contribution is 7.91.